The van der Waals surface area contributed by atoms with Crippen LogP contribution < -0.4 is 4.74 Å². The zero-order valence-corrected chi connectivity index (χ0v) is 13.9. The highest BCUT2D eigenvalue weighted by Gasteiger charge is 2.19. The summed E-state index contributed by atoms with van der Waals surface area (Å²) in [5, 5.41) is 0.675. The summed E-state index contributed by atoms with van der Waals surface area (Å²) in [5.74, 6) is 3.52. The van der Waals surface area contributed by atoms with Crippen LogP contribution in [0.4, 0.5) is 0 Å². The molecule has 0 saturated carbocycles. The maximum atomic E-state index is 6.12. The lowest BCUT2D eigenvalue weighted by atomic mass is 10.2. The Morgan fingerprint density at radius 2 is 2.33 bits per heavy atom. The molecule has 114 valence electrons. The minimum atomic E-state index is 0.442. The molecule has 1 unspecified atom stereocenters. The molecule has 1 atom stereocenters. The number of fused-ring (bicyclic) bond motifs is 1. The lowest BCUT2D eigenvalue weighted by molar-refractivity contribution is 0.343. The molecule has 0 radical (unpaired) electrons. The van der Waals surface area contributed by atoms with Gasteiger partial charge in [-0.25, -0.2) is 4.98 Å². The van der Waals surface area contributed by atoms with Gasteiger partial charge in [0.05, 0.1) is 18.0 Å². The maximum absolute atomic E-state index is 6.12. The van der Waals surface area contributed by atoms with Crippen LogP contribution >= 0.6 is 23.4 Å². The number of alkyl halides is 1. The van der Waals surface area contributed by atoms with Crippen LogP contribution in [0.15, 0.2) is 18.2 Å². The normalized spacial score (nSPS) is 19.0. The molecule has 5 heteroatoms. The van der Waals surface area contributed by atoms with Gasteiger partial charge in [0.1, 0.15) is 17.1 Å². The smallest absolute Gasteiger partial charge is 0.147 e. The molecule has 1 aromatic carbocycles. The highest BCUT2D eigenvalue weighted by molar-refractivity contribution is 7.99. The quantitative estimate of drug-likeness (QED) is 0.760. The Kier molecular flexibility index (Phi) is 4.96. The van der Waals surface area contributed by atoms with Crippen molar-refractivity contribution in [3.8, 4) is 5.75 Å². The summed E-state index contributed by atoms with van der Waals surface area (Å²) in [4.78, 5) is 4.71. The van der Waals surface area contributed by atoms with Gasteiger partial charge in [-0.15, -0.1) is 11.6 Å². The van der Waals surface area contributed by atoms with Crippen molar-refractivity contribution < 1.29 is 4.74 Å². The van der Waals surface area contributed by atoms with E-state index in [0.717, 1.165) is 29.2 Å². The first-order chi connectivity index (χ1) is 10.3. The molecule has 3 nitrogen and oxygen atoms in total. The van der Waals surface area contributed by atoms with Crippen molar-refractivity contribution in [3.63, 3.8) is 0 Å². The summed E-state index contributed by atoms with van der Waals surface area (Å²) < 4.78 is 7.98. The number of imidazole rings is 1. The zero-order chi connectivity index (χ0) is 14.7. The molecule has 1 saturated heterocycles. The number of rotatable bonds is 5. The van der Waals surface area contributed by atoms with Crippen LogP contribution in [0.3, 0.4) is 0 Å². The van der Waals surface area contributed by atoms with Crippen LogP contribution in [-0.4, -0.2) is 27.2 Å². The predicted octanol–water partition coefficient (Wildman–Crippen LogP) is 4.46. The fraction of sp³-hybridized carbons (Fsp3) is 0.562. The zero-order valence-electron chi connectivity index (χ0n) is 12.3. The molecular weight excluding hydrogens is 304 g/mol. The largest absolute Gasteiger partial charge is 0.492 e. The Bertz CT molecular complexity index is 608. The second-order valence-electron chi connectivity index (χ2n) is 5.32. The van der Waals surface area contributed by atoms with Crippen molar-refractivity contribution in [2.45, 2.75) is 43.9 Å². The number of hydrogen-bond acceptors (Lipinski definition) is 3. The third kappa shape index (κ3) is 3.16. The number of benzene rings is 1. The highest BCUT2D eigenvalue weighted by Crippen LogP contribution is 2.31. The minimum Gasteiger partial charge on any atom is -0.492 e. The van der Waals surface area contributed by atoms with Gasteiger partial charge in [-0.3, -0.25) is 0 Å². The van der Waals surface area contributed by atoms with Crippen molar-refractivity contribution in [2.75, 3.05) is 12.4 Å². The van der Waals surface area contributed by atoms with E-state index in [2.05, 4.69) is 22.4 Å². The molecule has 2 heterocycles. The molecule has 2 aromatic rings. The fourth-order valence-corrected chi connectivity index (χ4v) is 4.40. The van der Waals surface area contributed by atoms with Crippen molar-refractivity contribution in [1.82, 2.24) is 9.55 Å². The van der Waals surface area contributed by atoms with E-state index < -0.39 is 0 Å². The third-order valence-electron chi connectivity index (χ3n) is 3.90. The van der Waals surface area contributed by atoms with Crippen LogP contribution in [0.1, 0.15) is 32.0 Å². The average Bonchev–Trinajstić information content (AvgIpc) is 2.88. The van der Waals surface area contributed by atoms with Gasteiger partial charge in [-0.05, 0) is 37.7 Å². The summed E-state index contributed by atoms with van der Waals surface area (Å²) in [6.45, 7) is 3.65. The Hall–Kier alpha value is -0.870. The van der Waals surface area contributed by atoms with E-state index in [4.69, 9.17) is 21.3 Å². The molecule has 21 heavy (non-hydrogen) atoms. The maximum Gasteiger partial charge on any atom is 0.147 e. The molecule has 1 aliphatic heterocycles. The Balaban J connectivity index is 1.97. The van der Waals surface area contributed by atoms with Gasteiger partial charge in [0.15, 0.2) is 0 Å². The van der Waals surface area contributed by atoms with Crippen LogP contribution in [0.5, 0.6) is 5.75 Å². The summed E-state index contributed by atoms with van der Waals surface area (Å²) in [5.41, 5.74) is 2.08. The molecular formula is C16H21ClN2OS. The molecule has 0 N–H and O–H groups in total. The first kappa shape index (κ1) is 15.0. The van der Waals surface area contributed by atoms with E-state index >= 15 is 0 Å². The monoisotopic (exact) mass is 324 g/mol. The number of nitrogens with zero attached hydrogens (tertiary/aromatic N) is 2. The standard InChI is InChI=1S/C16H21ClN2OS/c1-2-20-14-8-5-7-13-16(14)18-15(10-17)19(13)11-12-6-3-4-9-21-12/h5,7-8,12H,2-4,6,9-11H2,1H3. The fourth-order valence-electron chi connectivity index (χ4n) is 2.90. The van der Waals surface area contributed by atoms with E-state index in [0.29, 0.717) is 17.7 Å². The van der Waals surface area contributed by atoms with Gasteiger partial charge in [0.25, 0.3) is 0 Å². The third-order valence-corrected chi connectivity index (χ3v) is 5.52. The number of hydrogen-bond donors (Lipinski definition) is 0. The summed E-state index contributed by atoms with van der Waals surface area (Å²) >= 11 is 8.20. The van der Waals surface area contributed by atoms with Crippen LogP contribution in [0, 0.1) is 0 Å². The SMILES string of the molecule is CCOc1cccc2c1nc(CCl)n2CC1CCCCS1. The average molecular weight is 325 g/mol. The van der Waals surface area contributed by atoms with Crippen molar-refractivity contribution in [1.29, 1.82) is 0 Å². The molecule has 1 aliphatic rings. The van der Waals surface area contributed by atoms with Gasteiger partial charge in [0, 0.05) is 11.8 Å². The number of aromatic nitrogens is 2. The van der Waals surface area contributed by atoms with Crippen molar-refractivity contribution >= 4 is 34.4 Å². The molecule has 3 rings (SSSR count). The molecule has 0 aliphatic carbocycles. The number of ether oxygens (including phenoxy) is 1. The summed E-state index contributed by atoms with van der Waals surface area (Å²) in [7, 11) is 0. The molecule has 0 bridgehead atoms. The second kappa shape index (κ2) is 6.93. The number of para-hydroxylation sites is 1. The molecule has 1 fully saturated rings. The first-order valence-electron chi connectivity index (χ1n) is 7.62. The van der Waals surface area contributed by atoms with Crippen LogP contribution in [0.2, 0.25) is 0 Å². The van der Waals surface area contributed by atoms with E-state index in [1.807, 2.05) is 19.1 Å². The molecule has 1 aromatic heterocycles. The van der Waals surface area contributed by atoms with E-state index in [1.165, 1.54) is 25.0 Å². The van der Waals surface area contributed by atoms with Gasteiger partial charge in [-0.2, -0.15) is 11.8 Å². The van der Waals surface area contributed by atoms with Gasteiger partial charge < -0.3 is 9.30 Å². The van der Waals surface area contributed by atoms with Crippen molar-refractivity contribution in [3.05, 3.63) is 24.0 Å². The Labute approximate surface area is 135 Å². The highest BCUT2D eigenvalue weighted by atomic mass is 35.5. The van der Waals surface area contributed by atoms with Crippen LogP contribution in [0.25, 0.3) is 11.0 Å². The number of thioether (sulfide) groups is 1. The first-order valence-corrected chi connectivity index (χ1v) is 9.20. The van der Waals surface area contributed by atoms with E-state index in [1.54, 1.807) is 0 Å². The number of halogens is 1. The summed E-state index contributed by atoms with van der Waals surface area (Å²) in [6, 6.07) is 6.14. The van der Waals surface area contributed by atoms with E-state index in [9.17, 15) is 0 Å². The van der Waals surface area contributed by atoms with Crippen LogP contribution in [-0.2, 0) is 12.4 Å². The Morgan fingerprint density at radius 1 is 1.43 bits per heavy atom. The molecule has 0 amide bonds. The summed E-state index contributed by atoms with van der Waals surface area (Å²) in [6.07, 6.45) is 3.98. The van der Waals surface area contributed by atoms with E-state index in [-0.39, 0.29) is 0 Å². The topological polar surface area (TPSA) is 27.1 Å². The van der Waals surface area contributed by atoms with Crippen molar-refractivity contribution in [2.24, 2.45) is 0 Å². The predicted molar refractivity (Wildman–Crippen MR) is 90.6 cm³/mol. The van der Waals surface area contributed by atoms with Gasteiger partial charge in [0.2, 0.25) is 0 Å². The van der Waals surface area contributed by atoms with Gasteiger partial charge >= 0.3 is 0 Å². The lowest BCUT2D eigenvalue weighted by Crippen LogP contribution is -2.18. The molecule has 0 spiro atoms. The minimum absolute atomic E-state index is 0.442. The Morgan fingerprint density at radius 3 is 3.05 bits per heavy atom. The lowest BCUT2D eigenvalue weighted by Gasteiger charge is -2.22. The second-order valence-corrected chi connectivity index (χ2v) is 6.99. The van der Waals surface area contributed by atoms with Gasteiger partial charge in [-0.1, -0.05) is 12.5 Å².